The van der Waals surface area contributed by atoms with Gasteiger partial charge < -0.3 is 49.6 Å². The van der Waals surface area contributed by atoms with Crippen LogP contribution in [0.1, 0.15) is 152 Å². The summed E-state index contributed by atoms with van der Waals surface area (Å²) in [4.78, 5) is 62.2. The molecule has 4 aliphatic heterocycles. The molecule has 24 atom stereocenters. The summed E-state index contributed by atoms with van der Waals surface area (Å²) in [5.74, 6) is 0.685. The molecule has 10 fully saturated rings. The van der Waals surface area contributed by atoms with Crippen LogP contribution in [-0.4, -0.2) is 104 Å². The molecule has 4 heterocycles. The largest absolute Gasteiger partial charge is 0.462 e. The van der Waals surface area contributed by atoms with Gasteiger partial charge in [0.25, 0.3) is 0 Å². The highest BCUT2D eigenvalue weighted by molar-refractivity contribution is 5.92. The Morgan fingerprint density at radius 1 is 0.562 bits per heavy atom. The molecule has 0 amide bonds. The summed E-state index contributed by atoms with van der Waals surface area (Å²) >= 11 is 0. The lowest BCUT2D eigenvalue weighted by molar-refractivity contribution is -0.155. The van der Waals surface area contributed by atoms with Crippen LogP contribution in [0.3, 0.4) is 0 Å². The molecule has 0 aromatic heterocycles. The predicted octanol–water partition coefficient (Wildman–Crippen LogP) is 8.03. The number of hydrogen-bond donors (Lipinski definition) is 4. The molecule has 80 heavy (non-hydrogen) atoms. The minimum absolute atomic E-state index is 0. The summed E-state index contributed by atoms with van der Waals surface area (Å²) in [5.41, 5.74) is 5.65. The van der Waals surface area contributed by atoms with Crippen molar-refractivity contribution in [1.29, 1.82) is 5.26 Å². The molecule has 0 aromatic rings. The summed E-state index contributed by atoms with van der Waals surface area (Å²) in [6.45, 7) is 34.4. The maximum Gasteiger partial charge on any atom is 0.334 e. The molecule has 14 rings (SSSR count). The maximum absolute atomic E-state index is 14.0. The average molecular weight is 1110 g/mol. The van der Waals surface area contributed by atoms with Crippen molar-refractivity contribution in [2.45, 2.75) is 201 Å². The van der Waals surface area contributed by atoms with E-state index < -0.39 is 46.1 Å². The minimum Gasteiger partial charge on any atom is -0.462 e. The first-order valence-corrected chi connectivity index (χ1v) is 29.6. The summed E-state index contributed by atoms with van der Waals surface area (Å²) in [6, 6.07) is 1.75. The van der Waals surface area contributed by atoms with E-state index in [0.29, 0.717) is 73.3 Å². The fourth-order valence-electron chi connectivity index (χ4n) is 21.0. The van der Waals surface area contributed by atoms with Crippen LogP contribution in [0.4, 0.5) is 0 Å². The smallest absolute Gasteiger partial charge is 0.334 e. The molecule has 2 spiro atoms. The summed E-state index contributed by atoms with van der Waals surface area (Å²) in [5, 5.41) is 50.6. The monoisotopic (exact) mass is 1110 g/mol. The van der Waals surface area contributed by atoms with E-state index in [2.05, 4.69) is 67.9 Å². The molecule has 0 unspecified atom stereocenters. The molecule has 4 saturated heterocycles. The number of fused-ring (bicyclic) bond motifs is 18. The topological polar surface area (TPSA) is 258 Å². The highest BCUT2D eigenvalue weighted by atomic mass is 16.6. The van der Waals surface area contributed by atoms with Crippen molar-refractivity contribution < 1.29 is 68.8 Å². The van der Waals surface area contributed by atoms with Crippen LogP contribution in [0, 0.1) is 103 Å². The predicted molar refractivity (Wildman–Crippen MR) is 294 cm³/mol. The van der Waals surface area contributed by atoms with E-state index in [1.165, 1.54) is 43.1 Å². The van der Waals surface area contributed by atoms with Crippen LogP contribution in [-0.2, 0) is 42.9 Å². The first kappa shape index (κ1) is 58.5. The average Bonchev–Trinajstić information content (AvgIpc) is 2.52. The Morgan fingerprint density at radius 2 is 0.900 bits per heavy atom. The summed E-state index contributed by atoms with van der Waals surface area (Å²) < 4.78 is 24.0. The van der Waals surface area contributed by atoms with Crippen molar-refractivity contribution in [2.75, 3.05) is 0 Å². The Kier molecular flexibility index (Phi) is 14.2. The highest BCUT2D eigenvalue weighted by Crippen LogP contribution is 2.79. The second-order valence-corrected chi connectivity index (χ2v) is 28.4. The normalized spacial score (nSPS) is 50.1. The van der Waals surface area contributed by atoms with Crippen molar-refractivity contribution in [3.05, 3.63) is 70.9 Å². The van der Waals surface area contributed by atoms with Gasteiger partial charge in [-0.05, 0) is 138 Å². The Bertz CT molecular complexity index is 2690. The molecule has 6 saturated carbocycles. The van der Waals surface area contributed by atoms with Gasteiger partial charge >= 0.3 is 23.9 Å². The van der Waals surface area contributed by atoms with Crippen molar-refractivity contribution in [2.24, 2.45) is 91.7 Å². The molecule has 6 N–H and O–H groups in total. The van der Waals surface area contributed by atoms with E-state index in [-0.39, 0.29) is 106 Å². The molecule has 436 valence electrons. The maximum atomic E-state index is 14.0. The lowest BCUT2D eigenvalue weighted by Gasteiger charge is -2.56. The first-order valence-electron chi connectivity index (χ1n) is 29.6. The Labute approximate surface area is 471 Å². The van der Waals surface area contributed by atoms with Crippen LogP contribution in [0.15, 0.2) is 70.9 Å². The van der Waals surface area contributed by atoms with Gasteiger partial charge in [-0.2, -0.15) is 5.26 Å². The number of nitrogens with zero attached hydrogens (tertiary/aromatic N) is 1. The summed E-state index contributed by atoms with van der Waals surface area (Å²) in [7, 11) is 0. The molecule has 0 aromatic carbocycles. The molecule has 0 radical (unpaired) electrons. The van der Waals surface area contributed by atoms with Crippen molar-refractivity contribution in [3.63, 3.8) is 0 Å². The molecule has 15 nitrogen and oxygen atoms in total. The zero-order chi connectivity index (χ0) is 57.3. The van der Waals surface area contributed by atoms with E-state index in [4.69, 9.17) is 24.2 Å². The number of hydrogen-bond acceptors (Lipinski definition) is 14. The van der Waals surface area contributed by atoms with E-state index in [1.54, 1.807) is 6.07 Å². The number of esters is 4. The molecule has 10 aliphatic carbocycles. The van der Waals surface area contributed by atoms with Crippen molar-refractivity contribution in [1.82, 2.24) is 0 Å². The van der Waals surface area contributed by atoms with Gasteiger partial charge in [0.05, 0.1) is 41.3 Å². The number of nitriles is 1. The van der Waals surface area contributed by atoms with Gasteiger partial charge in [-0.1, -0.05) is 90.2 Å². The van der Waals surface area contributed by atoms with E-state index >= 15 is 0 Å². The number of carbonyl (C=O) groups excluding carboxylic acids is 5. The Hall–Kier alpha value is -4.72. The third-order valence-electron chi connectivity index (χ3n) is 24.7. The standard InChI is InChI=1S/2C30H38O6.C3H6O.C2H3N.H2O/c2*1-13-6-22-17(14(2)26(33)35-22)7-20-25(13)16-10-29(20,5)30(11-16)19-8-18-15(3)21(31)9-24(32)28(18,4)12-23(19)36-27(30)34;1-3(2)4;1-2-3;/h2*13,16-19,21-24,31-32H,2-3,6-12H2,1,4-5H3;1-2H3;1H3;1H2/t2*13-,16-,17+,18-,19-,21+,22-,23+,24-,28+,29-,30+;;;/m00.../s1. The molecule has 4 bridgehead atoms. The number of aliphatic hydroxyl groups is 4. The third kappa shape index (κ3) is 7.68. The van der Waals surface area contributed by atoms with Crippen LogP contribution in [0.2, 0.25) is 0 Å². The third-order valence-corrected chi connectivity index (χ3v) is 24.7. The molecule has 15 heteroatoms. The fourth-order valence-corrected chi connectivity index (χ4v) is 21.0. The number of allylic oxidation sites excluding steroid dienone is 4. The van der Waals surface area contributed by atoms with Crippen LogP contribution >= 0.6 is 0 Å². The number of Topliss-reactive ketones (excluding diaryl/α,β-unsaturated/α-hetero) is 1. The lowest BCUT2D eigenvalue weighted by atomic mass is 9.47. The number of ketones is 1. The number of carbonyl (C=O) groups is 5. The molecular formula is C65H87NO14. The van der Waals surface area contributed by atoms with E-state index in [0.717, 1.165) is 62.5 Å². The Balaban J connectivity index is 0.000000160. The van der Waals surface area contributed by atoms with Gasteiger partial charge in [-0.3, -0.25) is 9.59 Å². The molecular weight excluding hydrogens is 1020 g/mol. The van der Waals surface area contributed by atoms with E-state index in [1.807, 2.05) is 0 Å². The molecule has 14 aliphatic rings. The SMILES string of the molecule is C=C1C(=O)O[C@H]2C[C@H](C)C3=C(C[C@H]12)[C@]1(C)C[C@H]3C[C@@]12C(=O)O[C@@H]1C[C@@]3(C)[C@@H](O)C[C@@H](O)C(=C)[C@@H]3C[C@@H]12.C=C1C(=O)O[C@H]2C[C@H](C)C3=C(C[C@H]12)[C@]1(C)C[C@H]3C[C@@]12C(=O)O[C@@H]1C[C@@]3(C)[C@@H](O)C[C@@H](O)C(=C)[C@@H]3C[C@@H]12.CC#N.CC(C)=O.O. The number of ether oxygens (including phenoxy) is 4. The van der Waals surface area contributed by atoms with E-state index in [9.17, 15) is 44.4 Å². The van der Waals surface area contributed by atoms with Gasteiger partial charge in [0, 0.05) is 76.2 Å². The fraction of sp³-hybridized carbons (Fsp3) is 0.723. The highest BCUT2D eigenvalue weighted by Gasteiger charge is 2.78. The van der Waals surface area contributed by atoms with Gasteiger partial charge in [-0.25, -0.2) is 9.59 Å². The Morgan fingerprint density at radius 3 is 1.24 bits per heavy atom. The van der Waals surface area contributed by atoms with Crippen molar-refractivity contribution in [3.8, 4) is 6.07 Å². The zero-order valence-corrected chi connectivity index (χ0v) is 48.5. The quantitative estimate of drug-likeness (QED) is 0.0775. The summed E-state index contributed by atoms with van der Waals surface area (Å²) in [6.07, 6.45) is 6.45. The van der Waals surface area contributed by atoms with Crippen LogP contribution in [0.5, 0.6) is 0 Å². The van der Waals surface area contributed by atoms with Gasteiger partial charge in [0.2, 0.25) is 0 Å². The minimum atomic E-state index is -0.709. The second-order valence-electron chi connectivity index (χ2n) is 28.4. The van der Waals surface area contributed by atoms with Crippen molar-refractivity contribution >= 4 is 29.7 Å². The number of rotatable bonds is 0. The number of aliphatic hydroxyl groups excluding tert-OH is 4. The zero-order valence-electron chi connectivity index (χ0n) is 48.5. The lowest BCUT2D eigenvalue weighted by Crippen LogP contribution is -2.57. The van der Waals surface area contributed by atoms with Gasteiger partial charge in [-0.15, -0.1) is 0 Å². The first-order chi connectivity index (χ1) is 37.0. The van der Waals surface area contributed by atoms with Crippen LogP contribution < -0.4 is 0 Å². The van der Waals surface area contributed by atoms with Gasteiger partial charge in [0.1, 0.15) is 30.2 Å². The van der Waals surface area contributed by atoms with Crippen LogP contribution in [0.25, 0.3) is 0 Å². The van der Waals surface area contributed by atoms with Gasteiger partial charge in [0.15, 0.2) is 0 Å². The second kappa shape index (κ2) is 19.4.